The van der Waals surface area contributed by atoms with Gasteiger partial charge in [-0.05, 0) is 110 Å². The topological polar surface area (TPSA) is 105 Å². The van der Waals surface area contributed by atoms with Crippen molar-refractivity contribution in [2.45, 2.75) is 104 Å². The number of aromatic nitrogens is 2. The minimum Gasteiger partial charge on any atom is -0.444 e. The van der Waals surface area contributed by atoms with Crippen molar-refractivity contribution in [1.29, 1.82) is 0 Å². The number of fused-ring (bicyclic) bond motifs is 4. The fourth-order valence-electron chi connectivity index (χ4n) is 8.07. The number of Topliss-reactive ketones (excluding diaryl/α,β-unsaturated/α-hetero) is 1. The average Bonchev–Trinajstić information content (AvgIpc) is 3.46. The number of rotatable bonds is 7. The van der Waals surface area contributed by atoms with Gasteiger partial charge >= 0.3 is 6.09 Å². The van der Waals surface area contributed by atoms with Crippen LogP contribution in [0, 0.1) is 17.7 Å². The van der Waals surface area contributed by atoms with Crippen LogP contribution in [0.1, 0.15) is 101 Å². The molecule has 2 bridgehead atoms. The molecule has 1 aromatic carbocycles. The molecule has 3 saturated heterocycles. The number of pyridine rings is 1. The van der Waals surface area contributed by atoms with E-state index in [1.165, 1.54) is 12.1 Å². The highest BCUT2D eigenvalue weighted by atomic mass is 19.1. The molecule has 4 aliphatic rings. The van der Waals surface area contributed by atoms with Crippen molar-refractivity contribution in [3.8, 4) is 5.69 Å². The average molecular weight is 674 g/mol. The molecule has 0 unspecified atom stereocenters. The summed E-state index contributed by atoms with van der Waals surface area (Å²) < 4.78 is 22.1. The monoisotopic (exact) mass is 673 g/mol. The smallest absolute Gasteiger partial charge is 0.411 e. The number of nitrogens with zero attached hydrogens (tertiary/aromatic N) is 5. The molecule has 0 radical (unpaired) electrons. The van der Waals surface area contributed by atoms with Crippen LogP contribution in [0.3, 0.4) is 0 Å². The van der Waals surface area contributed by atoms with Crippen molar-refractivity contribution in [3.63, 3.8) is 0 Å². The Morgan fingerprint density at radius 1 is 1.00 bits per heavy atom. The number of piperidine rings is 3. The molecule has 3 amide bonds. The summed E-state index contributed by atoms with van der Waals surface area (Å²) in [6.07, 6.45) is 9.20. The summed E-state index contributed by atoms with van der Waals surface area (Å²) in [6.45, 7) is 12.5. The summed E-state index contributed by atoms with van der Waals surface area (Å²) in [5.74, 6) is -1.11. The number of hydrogen-bond donors (Lipinski definition) is 0. The molecule has 3 aromatic rings. The molecule has 11 heteroatoms. The van der Waals surface area contributed by atoms with Crippen molar-refractivity contribution in [2.75, 3.05) is 19.6 Å². The van der Waals surface area contributed by atoms with Gasteiger partial charge in [-0.2, -0.15) is 0 Å². The molecule has 5 heterocycles. The number of likely N-dealkylation sites (tertiary alicyclic amines) is 1. The second kappa shape index (κ2) is 13.6. The number of benzene rings is 1. The van der Waals surface area contributed by atoms with Crippen molar-refractivity contribution >= 4 is 34.6 Å². The van der Waals surface area contributed by atoms with Crippen LogP contribution < -0.4 is 0 Å². The lowest BCUT2D eigenvalue weighted by Crippen LogP contribution is -2.64. The van der Waals surface area contributed by atoms with Crippen molar-refractivity contribution < 1.29 is 28.3 Å². The van der Waals surface area contributed by atoms with Crippen LogP contribution in [0.2, 0.25) is 0 Å². The standard InChI is InChI=1S/C38H48FN5O5/c1-7-42(23(2)3)35(46)29-20-26(39)10-13-31(29)43-22-30(28-14-17-40-21-32(28)43)34(45)25-15-18-41(19-16-25)36(47)33-24-8-11-27(12-9-24)44(33)37(48)49-38(4,5)6/h10,13-14,17,20-25,27,33H,7-9,11-12,15-16,18-19H2,1-6H3/t24?,27?,33-/m0/s1. The Labute approximate surface area is 287 Å². The number of amides is 3. The van der Waals surface area contributed by atoms with Crippen LogP contribution in [-0.4, -0.2) is 91.3 Å². The molecule has 3 aliphatic heterocycles. The van der Waals surface area contributed by atoms with Gasteiger partial charge in [-0.15, -0.1) is 0 Å². The minimum atomic E-state index is -0.656. The van der Waals surface area contributed by atoms with E-state index in [2.05, 4.69) is 4.98 Å². The van der Waals surface area contributed by atoms with E-state index in [-0.39, 0.29) is 47.1 Å². The normalized spacial score (nSPS) is 21.3. The van der Waals surface area contributed by atoms with Gasteiger partial charge in [-0.3, -0.25) is 24.3 Å². The molecule has 1 saturated carbocycles. The van der Waals surface area contributed by atoms with Gasteiger partial charge in [0, 0.05) is 61.0 Å². The van der Waals surface area contributed by atoms with Crippen LogP contribution in [-0.2, 0) is 9.53 Å². The van der Waals surface area contributed by atoms with Crippen LogP contribution in [0.5, 0.6) is 0 Å². The molecule has 49 heavy (non-hydrogen) atoms. The Bertz CT molecular complexity index is 1750. The third-order valence-corrected chi connectivity index (χ3v) is 10.5. The first kappa shape index (κ1) is 34.6. The predicted molar refractivity (Wildman–Crippen MR) is 184 cm³/mol. The largest absolute Gasteiger partial charge is 0.444 e. The fourth-order valence-corrected chi connectivity index (χ4v) is 8.07. The lowest BCUT2D eigenvalue weighted by atomic mass is 9.74. The maximum absolute atomic E-state index is 14.6. The number of ether oxygens (including phenoxy) is 1. The first-order valence-electron chi connectivity index (χ1n) is 17.7. The van der Waals surface area contributed by atoms with E-state index < -0.39 is 23.6 Å². The van der Waals surface area contributed by atoms with Gasteiger partial charge in [0.1, 0.15) is 17.5 Å². The van der Waals surface area contributed by atoms with E-state index >= 15 is 0 Å². The van der Waals surface area contributed by atoms with E-state index in [0.29, 0.717) is 54.6 Å². The molecule has 2 aromatic heterocycles. The summed E-state index contributed by atoms with van der Waals surface area (Å²) in [4.78, 5) is 64.7. The fraction of sp³-hybridized carbons (Fsp3) is 0.553. The summed E-state index contributed by atoms with van der Waals surface area (Å²) in [5.41, 5.74) is 1.16. The van der Waals surface area contributed by atoms with Gasteiger partial charge in [-0.1, -0.05) is 0 Å². The molecule has 0 spiro atoms. The maximum Gasteiger partial charge on any atom is 0.411 e. The molecular weight excluding hydrogens is 625 g/mol. The highest BCUT2D eigenvalue weighted by molar-refractivity contribution is 6.10. The molecule has 7 rings (SSSR count). The molecule has 1 atom stereocenters. The van der Waals surface area contributed by atoms with Gasteiger partial charge in [-0.25, -0.2) is 9.18 Å². The van der Waals surface area contributed by atoms with Crippen molar-refractivity contribution in [3.05, 3.63) is 59.8 Å². The first-order valence-corrected chi connectivity index (χ1v) is 17.7. The summed E-state index contributed by atoms with van der Waals surface area (Å²) in [7, 11) is 0. The predicted octanol–water partition coefficient (Wildman–Crippen LogP) is 6.63. The number of carbonyl (C=O) groups excluding carboxylic acids is 4. The number of hydrogen-bond acceptors (Lipinski definition) is 6. The Morgan fingerprint density at radius 2 is 1.69 bits per heavy atom. The number of ketones is 1. The van der Waals surface area contributed by atoms with Crippen molar-refractivity contribution in [1.82, 2.24) is 24.3 Å². The van der Waals surface area contributed by atoms with Crippen LogP contribution >= 0.6 is 0 Å². The van der Waals surface area contributed by atoms with E-state index in [1.807, 2.05) is 46.4 Å². The summed E-state index contributed by atoms with van der Waals surface area (Å²) in [5, 5.41) is 0.698. The molecule has 10 nitrogen and oxygen atoms in total. The summed E-state index contributed by atoms with van der Waals surface area (Å²) >= 11 is 0. The van der Waals surface area contributed by atoms with Gasteiger partial charge in [0.15, 0.2) is 5.78 Å². The molecule has 262 valence electrons. The lowest BCUT2D eigenvalue weighted by Gasteiger charge is -2.51. The second-order valence-electron chi connectivity index (χ2n) is 15.0. The molecule has 4 fully saturated rings. The zero-order chi connectivity index (χ0) is 35.2. The molecule has 1 aliphatic carbocycles. The number of carbonyl (C=O) groups is 4. The first-order chi connectivity index (χ1) is 23.3. The van der Waals surface area contributed by atoms with Crippen LogP contribution in [0.4, 0.5) is 9.18 Å². The highest BCUT2D eigenvalue weighted by Crippen LogP contribution is 2.42. The Hall–Kier alpha value is -4.28. The second-order valence-corrected chi connectivity index (χ2v) is 15.0. The van der Waals surface area contributed by atoms with Crippen LogP contribution in [0.25, 0.3) is 16.6 Å². The number of halogens is 1. The minimum absolute atomic E-state index is 0.00654. The van der Waals surface area contributed by atoms with Gasteiger partial charge in [0.2, 0.25) is 5.91 Å². The third-order valence-electron chi connectivity index (χ3n) is 10.5. The van der Waals surface area contributed by atoms with Crippen LogP contribution in [0.15, 0.2) is 42.9 Å². The Kier molecular flexibility index (Phi) is 9.57. The quantitative estimate of drug-likeness (QED) is 0.261. The van der Waals surface area contributed by atoms with Gasteiger partial charge < -0.3 is 19.1 Å². The van der Waals surface area contributed by atoms with Crippen molar-refractivity contribution in [2.24, 2.45) is 11.8 Å². The Morgan fingerprint density at radius 3 is 2.33 bits per heavy atom. The third kappa shape index (κ3) is 6.68. The SMILES string of the molecule is CCN(C(=O)c1cc(F)ccc1-n1cc(C(=O)C2CCN(C(=O)[C@@H]3C4CCC(CC4)N3C(=O)OC(C)(C)C)CC2)c2ccncc21)C(C)C. The zero-order valence-corrected chi connectivity index (χ0v) is 29.4. The van der Waals surface area contributed by atoms with Gasteiger partial charge in [0.05, 0.1) is 23.0 Å². The van der Waals surface area contributed by atoms with E-state index in [0.717, 1.165) is 25.7 Å². The summed E-state index contributed by atoms with van der Waals surface area (Å²) in [6, 6.07) is 5.31. The molecule has 0 N–H and O–H groups in total. The zero-order valence-electron chi connectivity index (χ0n) is 29.4. The van der Waals surface area contributed by atoms with E-state index in [9.17, 15) is 23.6 Å². The van der Waals surface area contributed by atoms with Gasteiger partial charge in [0.25, 0.3) is 5.91 Å². The lowest BCUT2D eigenvalue weighted by molar-refractivity contribution is -0.146. The Balaban J connectivity index is 1.23. The molecular formula is C38H48FN5O5. The maximum atomic E-state index is 14.6. The highest BCUT2D eigenvalue weighted by Gasteiger charge is 2.50. The van der Waals surface area contributed by atoms with E-state index in [4.69, 9.17) is 4.74 Å². The van der Waals surface area contributed by atoms with E-state index in [1.54, 1.807) is 45.1 Å².